The first-order valence-corrected chi connectivity index (χ1v) is 36.9. The number of ketones is 2. The van der Waals surface area contributed by atoms with Gasteiger partial charge in [-0.05, 0) is 104 Å². The lowest BCUT2D eigenvalue weighted by molar-refractivity contribution is -0.132. The summed E-state index contributed by atoms with van der Waals surface area (Å²) in [5.74, 6) is 0.418. The molecule has 27 heteroatoms. The van der Waals surface area contributed by atoms with Crippen LogP contribution in [0.4, 0.5) is 11.4 Å². The largest absolute Gasteiger partial charge is 0.493 e. The van der Waals surface area contributed by atoms with E-state index in [-0.39, 0.29) is 98.4 Å². The molecule has 572 valence electrons. The minimum absolute atomic E-state index is 0.0450. The third kappa shape index (κ3) is 25.2. The lowest BCUT2D eigenvalue weighted by Crippen LogP contribution is -2.53. The van der Waals surface area contributed by atoms with Gasteiger partial charge < -0.3 is 87.7 Å². The van der Waals surface area contributed by atoms with Crippen LogP contribution in [0.25, 0.3) is 5.57 Å². The zero-order valence-electron chi connectivity index (χ0n) is 61.3. The summed E-state index contributed by atoms with van der Waals surface area (Å²) in [4.78, 5) is 104. The van der Waals surface area contributed by atoms with E-state index in [1.165, 1.54) is 37.7 Å². The number of rotatable bonds is 51. The van der Waals surface area contributed by atoms with Crippen LogP contribution in [-0.2, 0) is 68.3 Å². The summed E-state index contributed by atoms with van der Waals surface area (Å²) >= 11 is 0. The summed E-state index contributed by atoms with van der Waals surface area (Å²) in [6.45, 7) is 12.3. The van der Waals surface area contributed by atoms with Crippen molar-refractivity contribution in [2.75, 3.05) is 140 Å². The number of carbonyl (C=O) groups excluding carboxylic acids is 7. The number of unbranched alkanes of at least 4 members (excludes halogenated alkanes) is 1. The van der Waals surface area contributed by atoms with Gasteiger partial charge in [0.2, 0.25) is 17.7 Å². The van der Waals surface area contributed by atoms with Gasteiger partial charge in [0.15, 0.2) is 34.6 Å². The molecule has 105 heavy (non-hydrogen) atoms. The number of aryl methyl sites for hydroxylation is 1. The third-order valence-corrected chi connectivity index (χ3v) is 18.7. The minimum Gasteiger partial charge on any atom is -0.493 e. The van der Waals surface area contributed by atoms with E-state index in [9.17, 15) is 38.7 Å². The Morgan fingerprint density at radius 1 is 0.562 bits per heavy atom. The van der Waals surface area contributed by atoms with E-state index in [2.05, 4.69) is 16.0 Å². The van der Waals surface area contributed by atoms with Crippen molar-refractivity contribution in [2.24, 2.45) is 27.7 Å². The molecule has 5 amide bonds. The fourth-order valence-corrected chi connectivity index (χ4v) is 12.6. The molecule has 0 radical (unpaired) electrons. The number of ether oxygens (including phenoxy) is 12. The molecule has 6 aliphatic rings. The van der Waals surface area contributed by atoms with Crippen molar-refractivity contribution in [1.82, 2.24) is 25.8 Å². The molecule has 4 aliphatic heterocycles. The number of nitrogens with one attached hydrogen (secondary N) is 3. The van der Waals surface area contributed by atoms with Gasteiger partial charge in [-0.3, -0.25) is 43.5 Å². The highest BCUT2D eigenvalue weighted by Crippen LogP contribution is 2.45. The molecule has 1 saturated carbocycles. The van der Waals surface area contributed by atoms with Crippen LogP contribution >= 0.6 is 0 Å². The molecule has 3 aromatic rings. The molecule has 4 N–H and O–H groups in total. The van der Waals surface area contributed by atoms with Crippen molar-refractivity contribution in [1.29, 1.82) is 0 Å². The van der Waals surface area contributed by atoms with Crippen molar-refractivity contribution in [2.45, 2.75) is 135 Å². The van der Waals surface area contributed by atoms with Gasteiger partial charge in [-0.25, -0.2) is 0 Å². The zero-order valence-corrected chi connectivity index (χ0v) is 61.3. The summed E-state index contributed by atoms with van der Waals surface area (Å²) in [5.41, 5.74) is 6.19. The summed E-state index contributed by atoms with van der Waals surface area (Å²) in [6.07, 6.45) is 17.8. The van der Waals surface area contributed by atoms with Crippen molar-refractivity contribution >= 4 is 70.5 Å². The predicted octanol–water partition coefficient (Wildman–Crippen LogP) is 7.60. The number of aliphatic hydroxyl groups excluding tert-OH is 1. The standard InChI is InChI=1S/C78H105N7O20/c1-52(2)75(83-74(90)22-26-96-28-30-98-32-34-100-36-38-102-40-41-103-39-37-101-35-33-99-31-29-97-27-23-79-73(89)13-7-6-11-61-67(87)20-21-68(61)88)76(91)82-53(3)66(86)12-8-10-54-14-16-55(17-15-54)57-42-59-48-80-64-46-71(69(94-4)44-62(64)77(92)84(59)50-57)104-24-9-25-105-72-47-65-63(45-70(72)95-5)78(93)85-51-58(56-18-19-56)43-60(85)49-81-65/h14-17,20-21,44-53,56,59-61,67,75,87H,6-13,18-19,22-43H2,1-5H3,(H,79,89)(H,82,91)(H,83,90)/t53-,59-,60-,61?,67?,75?/m0/s1. The summed E-state index contributed by atoms with van der Waals surface area (Å²) in [7, 11) is 3.07. The van der Waals surface area contributed by atoms with Gasteiger partial charge in [0, 0.05) is 75.6 Å². The molecule has 0 spiro atoms. The predicted molar refractivity (Wildman–Crippen MR) is 391 cm³/mol. The molecule has 3 aromatic carbocycles. The zero-order chi connectivity index (χ0) is 74.3. The molecule has 27 nitrogen and oxygen atoms in total. The van der Waals surface area contributed by atoms with Crippen molar-refractivity contribution < 1.29 is 95.5 Å². The fraction of sp³-hybridized carbons (Fsp3) is 0.577. The molecule has 4 heterocycles. The van der Waals surface area contributed by atoms with Crippen LogP contribution in [0, 0.1) is 17.8 Å². The molecular weight excluding hydrogens is 1350 g/mol. The number of Topliss-reactive ketones (excluding diaryl/α,β-unsaturated/α-hetero) is 1. The van der Waals surface area contributed by atoms with Crippen LogP contribution in [0.5, 0.6) is 23.0 Å². The number of hydrogen-bond acceptors (Lipinski definition) is 22. The van der Waals surface area contributed by atoms with E-state index in [0.29, 0.717) is 202 Å². The summed E-state index contributed by atoms with van der Waals surface area (Å²) < 4.78 is 68.0. The van der Waals surface area contributed by atoms with E-state index in [4.69, 9.17) is 66.8 Å². The van der Waals surface area contributed by atoms with Crippen LogP contribution in [0.2, 0.25) is 0 Å². The van der Waals surface area contributed by atoms with Crippen LogP contribution in [0.15, 0.2) is 88.6 Å². The van der Waals surface area contributed by atoms with E-state index >= 15 is 0 Å². The number of hydrogen-bond donors (Lipinski definition) is 4. The van der Waals surface area contributed by atoms with Crippen LogP contribution in [0.3, 0.4) is 0 Å². The van der Waals surface area contributed by atoms with Gasteiger partial charge in [-0.1, -0.05) is 50.6 Å². The molecular formula is C78H105N7O20. The van der Waals surface area contributed by atoms with Gasteiger partial charge in [0.05, 0.1) is 186 Å². The Morgan fingerprint density at radius 3 is 1.60 bits per heavy atom. The Morgan fingerprint density at radius 2 is 1.09 bits per heavy atom. The second-order valence-electron chi connectivity index (χ2n) is 26.9. The molecule has 1 fully saturated rings. The first-order chi connectivity index (χ1) is 51.1. The van der Waals surface area contributed by atoms with Crippen LogP contribution in [0.1, 0.15) is 130 Å². The number of allylic oxidation sites excluding steroid dienone is 1. The monoisotopic (exact) mass is 1460 g/mol. The molecule has 9 rings (SSSR count). The maximum atomic E-state index is 14.2. The average molecular weight is 1460 g/mol. The lowest BCUT2D eigenvalue weighted by Gasteiger charge is -2.23. The Balaban J connectivity index is 0.550. The molecule has 0 bridgehead atoms. The second-order valence-corrected chi connectivity index (χ2v) is 26.9. The third-order valence-electron chi connectivity index (χ3n) is 18.7. The smallest absolute Gasteiger partial charge is 0.260 e. The molecule has 0 saturated heterocycles. The molecule has 6 atom stereocenters. The van der Waals surface area contributed by atoms with Gasteiger partial charge in [-0.2, -0.15) is 0 Å². The van der Waals surface area contributed by atoms with Gasteiger partial charge >= 0.3 is 0 Å². The van der Waals surface area contributed by atoms with Crippen molar-refractivity contribution in [3.63, 3.8) is 0 Å². The number of benzene rings is 3. The molecule has 2 aliphatic carbocycles. The van der Waals surface area contributed by atoms with Crippen molar-refractivity contribution in [3.05, 3.63) is 101 Å². The fourth-order valence-electron chi connectivity index (χ4n) is 12.6. The highest BCUT2D eigenvalue weighted by atomic mass is 16.6. The highest BCUT2D eigenvalue weighted by Gasteiger charge is 2.39. The van der Waals surface area contributed by atoms with Gasteiger partial charge in [0.25, 0.3) is 11.8 Å². The number of carbonyl (C=O) groups is 7. The summed E-state index contributed by atoms with van der Waals surface area (Å²) in [5, 5.41) is 18.2. The summed E-state index contributed by atoms with van der Waals surface area (Å²) in [6, 6.07) is 13.0. The topological polar surface area (TPSA) is 318 Å². The Labute approximate surface area is 615 Å². The molecule has 3 unspecified atom stereocenters. The first kappa shape index (κ1) is 80.8. The van der Waals surface area contributed by atoms with Gasteiger partial charge in [0.1, 0.15) is 6.04 Å². The number of methoxy groups -OCH3 is 2. The van der Waals surface area contributed by atoms with E-state index in [1.807, 2.05) is 56.7 Å². The van der Waals surface area contributed by atoms with Crippen LogP contribution in [-0.4, -0.2) is 238 Å². The van der Waals surface area contributed by atoms with Crippen LogP contribution < -0.4 is 34.9 Å². The number of aliphatic hydroxyl groups is 1. The van der Waals surface area contributed by atoms with Crippen molar-refractivity contribution in [3.8, 4) is 23.0 Å². The Hall–Kier alpha value is -8.25. The van der Waals surface area contributed by atoms with Gasteiger partial charge in [-0.15, -0.1) is 0 Å². The molecule has 0 aromatic heterocycles. The maximum Gasteiger partial charge on any atom is 0.260 e. The lowest BCUT2D eigenvalue weighted by atomic mass is 9.96. The van der Waals surface area contributed by atoms with E-state index in [0.717, 1.165) is 23.1 Å². The number of nitrogens with zero attached hydrogens (tertiary/aromatic N) is 4. The number of aliphatic imine (C=N–C) groups is 2. The Kier molecular flexibility index (Phi) is 32.9. The number of amides is 5. The second kappa shape index (κ2) is 42.8. The SMILES string of the molecule is COc1cc2c(cc1OCCCOc1cc3c(cc1OC)C(=O)N1C=C(C4CC4)C[C@H]1C=N3)N=C[C@@H]1CC(c3ccc(CCCC(=O)[C@H](C)NC(=O)C(NC(=O)CCOCCOCCOCCOCCOCCOCCOCCOCCNC(=O)CCCCC4C(=O)C=CC4O)C(C)C)cc3)=CN1C2=O. The minimum atomic E-state index is -0.838. The number of fused-ring (bicyclic) bond motifs is 4. The maximum absolute atomic E-state index is 14.2. The normalized spacial score (nSPS) is 18.4. The highest BCUT2D eigenvalue weighted by molar-refractivity contribution is 6.06. The van der Waals surface area contributed by atoms with E-state index < -0.39 is 24.1 Å². The Bertz CT molecular complexity index is 3540. The quantitative estimate of drug-likeness (QED) is 0.0395. The average Bonchev–Trinajstić information content (AvgIpc) is 1.67. The first-order valence-electron chi connectivity index (χ1n) is 36.9. The van der Waals surface area contributed by atoms with E-state index in [1.54, 1.807) is 54.3 Å².